The van der Waals surface area contributed by atoms with Crippen LogP contribution in [0.1, 0.15) is 69.9 Å². The first-order chi connectivity index (χ1) is 11.5. The third-order valence-electron chi connectivity index (χ3n) is 4.82. The van der Waals surface area contributed by atoms with E-state index in [1.54, 1.807) is 4.90 Å². The molecule has 2 rings (SSSR count). The Bertz CT molecular complexity index is 586. The van der Waals surface area contributed by atoms with Gasteiger partial charge in [-0.15, -0.1) is 0 Å². The molecule has 1 heterocycles. The second-order valence-corrected chi connectivity index (χ2v) is 7.05. The topological polar surface area (TPSA) is 58.7 Å². The number of benzene rings is 1. The average molecular weight is 329 g/mol. The van der Waals surface area contributed by atoms with E-state index in [9.17, 15) is 4.79 Å². The molecule has 1 amide bonds. The second-order valence-electron chi connectivity index (χ2n) is 7.05. The SMILES string of the molecule is CCCCC1(CCCC)CC(=O)N(Cc2cccc(C)c2)C(N)=N1. The molecule has 4 nitrogen and oxygen atoms in total. The van der Waals surface area contributed by atoms with Crippen LogP contribution in [0.4, 0.5) is 0 Å². The minimum absolute atomic E-state index is 0.108. The maximum Gasteiger partial charge on any atom is 0.232 e. The fraction of sp³-hybridized carbons (Fsp3) is 0.600. The zero-order chi connectivity index (χ0) is 17.6. The molecular formula is C20H31N3O. The quantitative estimate of drug-likeness (QED) is 0.778. The van der Waals surface area contributed by atoms with E-state index in [2.05, 4.69) is 32.9 Å². The number of aryl methyl sites for hydroxylation is 1. The van der Waals surface area contributed by atoms with Gasteiger partial charge in [0.1, 0.15) is 0 Å². The van der Waals surface area contributed by atoms with Crippen molar-refractivity contribution in [2.24, 2.45) is 10.7 Å². The molecule has 1 aliphatic rings. The molecule has 0 saturated carbocycles. The minimum Gasteiger partial charge on any atom is -0.369 e. The molecule has 1 aromatic carbocycles. The van der Waals surface area contributed by atoms with Crippen LogP contribution in [0, 0.1) is 6.92 Å². The highest BCUT2D eigenvalue weighted by molar-refractivity contribution is 5.99. The lowest BCUT2D eigenvalue weighted by Crippen LogP contribution is -2.51. The highest BCUT2D eigenvalue weighted by Crippen LogP contribution is 2.33. The number of guanidine groups is 1. The lowest BCUT2D eigenvalue weighted by molar-refractivity contribution is -0.130. The predicted octanol–water partition coefficient (Wildman–Crippen LogP) is 4.16. The Kier molecular flexibility index (Phi) is 6.41. The maximum absolute atomic E-state index is 12.8. The molecule has 0 radical (unpaired) electrons. The summed E-state index contributed by atoms with van der Waals surface area (Å²) in [6, 6.07) is 8.19. The Labute approximate surface area is 146 Å². The number of aliphatic imine (C=N–C) groups is 1. The van der Waals surface area contributed by atoms with Crippen molar-refractivity contribution >= 4 is 11.9 Å². The Morgan fingerprint density at radius 1 is 1.21 bits per heavy atom. The normalized spacial score (nSPS) is 17.0. The molecule has 1 aliphatic heterocycles. The van der Waals surface area contributed by atoms with Crippen molar-refractivity contribution in [3.63, 3.8) is 0 Å². The highest BCUT2D eigenvalue weighted by atomic mass is 16.2. The first-order valence-corrected chi connectivity index (χ1v) is 9.21. The second kappa shape index (κ2) is 8.32. The largest absolute Gasteiger partial charge is 0.369 e. The highest BCUT2D eigenvalue weighted by Gasteiger charge is 2.38. The zero-order valence-electron chi connectivity index (χ0n) is 15.3. The lowest BCUT2D eigenvalue weighted by Gasteiger charge is -2.38. The van der Waals surface area contributed by atoms with E-state index in [4.69, 9.17) is 10.7 Å². The van der Waals surface area contributed by atoms with E-state index < -0.39 is 0 Å². The molecular weight excluding hydrogens is 298 g/mol. The van der Waals surface area contributed by atoms with Gasteiger partial charge < -0.3 is 5.73 Å². The van der Waals surface area contributed by atoms with Crippen LogP contribution in [-0.4, -0.2) is 22.3 Å². The minimum atomic E-state index is -0.281. The smallest absolute Gasteiger partial charge is 0.232 e. The van der Waals surface area contributed by atoms with Crippen molar-refractivity contribution in [2.45, 2.75) is 77.8 Å². The molecule has 0 atom stereocenters. The van der Waals surface area contributed by atoms with Gasteiger partial charge >= 0.3 is 0 Å². The van der Waals surface area contributed by atoms with E-state index >= 15 is 0 Å². The number of hydrogen-bond donors (Lipinski definition) is 1. The number of nitrogens with zero attached hydrogens (tertiary/aromatic N) is 2. The predicted molar refractivity (Wildman–Crippen MR) is 99.7 cm³/mol. The molecule has 1 aromatic rings. The number of unbranched alkanes of at least 4 members (excludes halogenated alkanes) is 2. The van der Waals surface area contributed by atoms with E-state index in [0.717, 1.165) is 44.1 Å². The van der Waals surface area contributed by atoms with E-state index in [1.807, 2.05) is 12.1 Å². The monoisotopic (exact) mass is 329 g/mol. The number of hydrogen-bond acceptors (Lipinski definition) is 3. The summed E-state index contributed by atoms with van der Waals surface area (Å²) in [6.07, 6.45) is 6.80. The fourth-order valence-corrected chi connectivity index (χ4v) is 3.44. The number of nitrogens with two attached hydrogens (primary N) is 1. The number of rotatable bonds is 8. The van der Waals surface area contributed by atoms with Crippen LogP contribution < -0.4 is 5.73 Å². The molecule has 0 saturated heterocycles. The van der Waals surface area contributed by atoms with Crippen molar-refractivity contribution < 1.29 is 4.79 Å². The van der Waals surface area contributed by atoms with Gasteiger partial charge in [0.05, 0.1) is 18.5 Å². The van der Waals surface area contributed by atoms with E-state index in [1.165, 1.54) is 5.56 Å². The molecule has 24 heavy (non-hydrogen) atoms. The summed E-state index contributed by atoms with van der Waals surface area (Å²) < 4.78 is 0. The number of amides is 1. The van der Waals surface area contributed by atoms with Crippen LogP contribution in [0.5, 0.6) is 0 Å². The summed E-state index contributed by atoms with van der Waals surface area (Å²) in [7, 11) is 0. The van der Waals surface area contributed by atoms with E-state index in [0.29, 0.717) is 18.9 Å². The third-order valence-corrected chi connectivity index (χ3v) is 4.82. The van der Waals surface area contributed by atoms with Crippen molar-refractivity contribution in [1.82, 2.24) is 4.90 Å². The maximum atomic E-state index is 12.8. The summed E-state index contributed by atoms with van der Waals surface area (Å²) in [5, 5.41) is 0. The van der Waals surface area contributed by atoms with Crippen LogP contribution in [0.15, 0.2) is 29.3 Å². The van der Waals surface area contributed by atoms with Crippen LogP contribution in [-0.2, 0) is 11.3 Å². The Morgan fingerprint density at radius 3 is 2.42 bits per heavy atom. The Hall–Kier alpha value is -1.84. The van der Waals surface area contributed by atoms with Crippen LogP contribution in [0.25, 0.3) is 0 Å². The van der Waals surface area contributed by atoms with Crippen molar-refractivity contribution in [2.75, 3.05) is 0 Å². The van der Waals surface area contributed by atoms with Crippen LogP contribution in [0.3, 0.4) is 0 Å². The molecule has 2 N–H and O–H groups in total. The average Bonchev–Trinajstić information content (AvgIpc) is 2.55. The van der Waals surface area contributed by atoms with Gasteiger partial charge in [0.2, 0.25) is 5.91 Å². The molecule has 0 aromatic heterocycles. The summed E-state index contributed by atoms with van der Waals surface area (Å²) >= 11 is 0. The molecule has 0 bridgehead atoms. The molecule has 132 valence electrons. The standard InChI is InChI=1S/C20H31N3O/c1-4-6-11-20(12-7-5-2)14-18(24)23(19(21)22-20)15-17-10-8-9-16(3)13-17/h8-10,13H,4-7,11-12,14-15H2,1-3H3,(H2,21,22). The fourth-order valence-electron chi connectivity index (χ4n) is 3.44. The van der Waals surface area contributed by atoms with Crippen molar-refractivity contribution in [1.29, 1.82) is 0 Å². The van der Waals surface area contributed by atoms with Gasteiger partial charge in [-0.1, -0.05) is 69.4 Å². The van der Waals surface area contributed by atoms with Gasteiger partial charge in [-0.2, -0.15) is 0 Å². The summed E-state index contributed by atoms with van der Waals surface area (Å²) in [6.45, 7) is 6.91. The zero-order valence-corrected chi connectivity index (χ0v) is 15.3. The molecule has 0 aliphatic carbocycles. The first-order valence-electron chi connectivity index (χ1n) is 9.21. The first kappa shape index (κ1) is 18.5. The number of carbonyl (C=O) groups is 1. The van der Waals surface area contributed by atoms with Gasteiger partial charge in [0.15, 0.2) is 5.96 Å². The van der Waals surface area contributed by atoms with Gasteiger partial charge in [0, 0.05) is 0 Å². The van der Waals surface area contributed by atoms with Crippen molar-refractivity contribution in [3.05, 3.63) is 35.4 Å². The summed E-state index contributed by atoms with van der Waals surface area (Å²) in [5.74, 6) is 0.496. The Balaban J connectivity index is 2.20. The van der Waals surface area contributed by atoms with Gasteiger partial charge in [-0.3, -0.25) is 9.69 Å². The molecule has 0 unspecified atom stereocenters. The molecule has 4 heteroatoms. The summed E-state index contributed by atoms with van der Waals surface area (Å²) in [4.78, 5) is 19.3. The van der Waals surface area contributed by atoms with Gasteiger partial charge in [-0.05, 0) is 25.3 Å². The Morgan fingerprint density at radius 2 is 1.88 bits per heavy atom. The summed E-state index contributed by atoms with van der Waals surface area (Å²) in [5.41, 5.74) is 8.23. The lowest BCUT2D eigenvalue weighted by atomic mass is 9.83. The van der Waals surface area contributed by atoms with Crippen molar-refractivity contribution in [3.8, 4) is 0 Å². The van der Waals surface area contributed by atoms with E-state index in [-0.39, 0.29) is 11.4 Å². The molecule has 0 spiro atoms. The molecule has 0 fully saturated rings. The van der Waals surface area contributed by atoms with Gasteiger partial charge in [0.25, 0.3) is 0 Å². The van der Waals surface area contributed by atoms with Crippen LogP contribution in [0.2, 0.25) is 0 Å². The number of carbonyl (C=O) groups excluding carboxylic acids is 1. The van der Waals surface area contributed by atoms with Crippen LogP contribution >= 0.6 is 0 Å². The third kappa shape index (κ3) is 4.59. The van der Waals surface area contributed by atoms with Gasteiger partial charge in [-0.25, -0.2) is 4.99 Å².